The number of nitrogens with zero attached hydrogens (tertiary/aromatic N) is 1. The third-order valence-electron chi connectivity index (χ3n) is 5.15. The van der Waals surface area contributed by atoms with Crippen molar-refractivity contribution in [3.8, 4) is 0 Å². The molecule has 1 aromatic carbocycles. The number of hydrogen-bond acceptors (Lipinski definition) is 5. The molecule has 0 aromatic heterocycles. The van der Waals surface area contributed by atoms with E-state index < -0.39 is 10.0 Å². The van der Waals surface area contributed by atoms with Crippen molar-refractivity contribution in [3.05, 3.63) is 30.3 Å². The second-order valence-corrected chi connectivity index (χ2v) is 9.45. The molecule has 2 saturated heterocycles. The second kappa shape index (κ2) is 8.59. The Hall–Kier alpha value is -1.97. The lowest BCUT2D eigenvalue weighted by Gasteiger charge is -2.37. The average Bonchev–Trinajstić information content (AvgIpc) is 3.05. The van der Waals surface area contributed by atoms with Gasteiger partial charge in [0.2, 0.25) is 21.8 Å². The Bertz CT molecular complexity index is 812. The van der Waals surface area contributed by atoms with Crippen molar-refractivity contribution < 1.29 is 18.0 Å². The molecule has 0 spiro atoms. The molecule has 8 nitrogen and oxygen atoms in total. The van der Waals surface area contributed by atoms with Crippen LogP contribution in [0.2, 0.25) is 0 Å². The van der Waals surface area contributed by atoms with Crippen LogP contribution in [0.25, 0.3) is 0 Å². The van der Waals surface area contributed by atoms with Crippen molar-refractivity contribution in [2.24, 2.45) is 0 Å². The Labute approximate surface area is 166 Å². The maximum atomic E-state index is 12.6. The van der Waals surface area contributed by atoms with Gasteiger partial charge in [-0.1, -0.05) is 18.2 Å². The molecule has 3 atom stereocenters. The number of sulfonamides is 1. The van der Waals surface area contributed by atoms with Gasteiger partial charge in [-0.15, -0.1) is 0 Å². The van der Waals surface area contributed by atoms with Crippen LogP contribution >= 0.6 is 0 Å². The maximum Gasteiger partial charge on any atom is 0.240 e. The zero-order valence-electron chi connectivity index (χ0n) is 16.2. The maximum absolute atomic E-state index is 12.6. The summed E-state index contributed by atoms with van der Waals surface area (Å²) < 4.78 is 27.9. The van der Waals surface area contributed by atoms with E-state index in [9.17, 15) is 18.0 Å². The Morgan fingerprint density at radius 3 is 2.68 bits per heavy atom. The summed E-state index contributed by atoms with van der Waals surface area (Å²) in [4.78, 5) is 26.5. The van der Waals surface area contributed by atoms with Crippen LogP contribution in [0.5, 0.6) is 0 Å². The van der Waals surface area contributed by atoms with E-state index in [1.807, 2.05) is 18.7 Å². The molecule has 2 fully saturated rings. The lowest BCUT2D eigenvalue weighted by atomic mass is 10.0. The first kappa shape index (κ1) is 20.8. The predicted octanol–water partition coefficient (Wildman–Crippen LogP) is 0.211. The molecular formula is C19H28N4O4S. The topological polar surface area (TPSA) is 108 Å². The van der Waals surface area contributed by atoms with Gasteiger partial charge in [-0.05, 0) is 38.8 Å². The van der Waals surface area contributed by atoms with E-state index in [1.54, 1.807) is 30.3 Å². The lowest BCUT2D eigenvalue weighted by molar-refractivity contribution is -0.129. The molecule has 9 heteroatoms. The van der Waals surface area contributed by atoms with Crippen molar-refractivity contribution in [3.63, 3.8) is 0 Å². The summed E-state index contributed by atoms with van der Waals surface area (Å²) in [6.45, 7) is 4.76. The first-order chi connectivity index (χ1) is 13.3. The third-order valence-corrected chi connectivity index (χ3v) is 6.69. The number of carbonyl (C=O) groups is 2. The zero-order valence-corrected chi connectivity index (χ0v) is 17.0. The lowest BCUT2D eigenvalue weighted by Crippen LogP contribution is -2.58. The van der Waals surface area contributed by atoms with Crippen molar-refractivity contribution in [1.29, 1.82) is 0 Å². The summed E-state index contributed by atoms with van der Waals surface area (Å²) in [7, 11) is -3.63. The van der Waals surface area contributed by atoms with Gasteiger partial charge in [0.15, 0.2) is 0 Å². The molecular weight excluding hydrogens is 380 g/mol. The number of amides is 2. The number of hydrogen-bond donors (Lipinski definition) is 3. The number of piperazine rings is 1. The minimum absolute atomic E-state index is 0.0102. The zero-order chi connectivity index (χ0) is 20.3. The van der Waals surface area contributed by atoms with Gasteiger partial charge >= 0.3 is 0 Å². The van der Waals surface area contributed by atoms with Gasteiger partial charge in [0, 0.05) is 37.6 Å². The van der Waals surface area contributed by atoms with E-state index in [1.165, 1.54) is 0 Å². The van der Waals surface area contributed by atoms with Crippen LogP contribution in [0.1, 0.15) is 33.1 Å². The first-order valence-corrected chi connectivity index (χ1v) is 11.1. The quantitative estimate of drug-likeness (QED) is 0.598. The Morgan fingerprint density at radius 1 is 1.29 bits per heavy atom. The SMILES string of the molecule is CC(C)NC(=O)CCC1CNC(=O)C2CC(NS(=O)(=O)c3ccccc3)CN12. The van der Waals surface area contributed by atoms with E-state index in [-0.39, 0.29) is 40.9 Å². The van der Waals surface area contributed by atoms with Crippen molar-refractivity contribution in [1.82, 2.24) is 20.3 Å². The number of carbonyl (C=O) groups excluding carboxylic acids is 2. The number of rotatable bonds is 7. The summed E-state index contributed by atoms with van der Waals surface area (Å²) in [5.74, 6) is -0.0896. The Morgan fingerprint density at radius 2 is 2.00 bits per heavy atom. The van der Waals surface area contributed by atoms with Crippen molar-refractivity contribution in [2.45, 2.75) is 62.2 Å². The highest BCUT2D eigenvalue weighted by molar-refractivity contribution is 7.89. The summed E-state index contributed by atoms with van der Waals surface area (Å²) in [6.07, 6.45) is 1.42. The number of benzene rings is 1. The number of fused-ring (bicyclic) bond motifs is 1. The van der Waals surface area contributed by atoms with Gasteiger partial charge in [-0.25, -0.2) is 13.1 Å². The van der Waals surface area contributed by atoms with E-state index >= 15 is 0 Å². The molecule has 0 radical (unpaired) electrons. The fourth-order valence-corrected chi connectivity index (χ4v) is 5.17. The van der Waals surface area contributed by atoms with Crippen LogP contribution in [-0.2, 0) is 19.6 Å². The van der Waals surface area contributed by atoms with Crippen LogP contribution in [0.4, 0.5) is 0 Å². The van der Waals surface area contributed by atoms with Gasteiger partial charge in [-0.3, -0.25) is 14.5 Å². The molecule has 0 saturated carbocycles. The molecule has 0 aliphatic carbocycles. The predicted molar refractivity (Wildman–Crippen MR) is 105 cm³/mol. The minimum Gasteiger partial charge on any atom is -0.354 e. The smallest absolute Gasteiger partial charge is 0.240 e. The molecule has 154 valence electrons. The van der Waals surface area contributed by atoms with E-state index in [0.717, 1.165) is 0 Å². The highest BCUT2D eigenvalue weighted by Crippen LogP contribution is 2.26. The van der Waals surface area contributed by atoms with E-state index in [0.29, 0.717) is 32.4 Å². The summed E-state index contributed by atoms with van der Waals surface area (Å²) in [6, 6.07) is 7.62. The van der Waals surface area contributed by atoms with Gasteiger partial charge in [-0.2, -0.15) is 0 Å². The highest BCUT2D eigenvalue weighted by Gasteiger charge is 2.44. The standard InChI is InChI=1S/C19H28N4O4S/c1-13(2)21-18(24)9-8-15-11-20-19(25)17-10-14(12-23(15)17)22-28(26,27)16-6-4-3-5-7-16/h3-7,13-15,17,22H,8-12H2,1-2H3,(H,20,25)(H,21,24). The minimum atomic E-state index is -3.63. The fraction of sp³-hybridized carbons (Fsp3) is 0.579. The third kappa shape index (κ3) is 4.89. The molecule has 28 heavy (non-hydrogen) atoms. The molecule has 1 aromatic rings. The van der Waals surface area contributed by atoms with Crippen molar-refractivity contribution >= 4 is 21.8 Å². The van der Waals surface area contributed by atoms with Crippen LogP contribution in [0.15, 0.2) is 35.2 Å². The van der Waals surface area contributed by atoms with Crippen LogP contribution in [-0.4, -0.2) is 62.4 Å². The summed E-state index contributed by atoms with van der Waals surface area (Å²) >= 11 is 0. The molecule has 2 heterocycles. The van der Waals surface area contributed by atoms with E-state index in [4.69, 9.17) is 0 Å². The Kier molecular flexibility index (Phi) is 6.36. The fourth-order valence-electron chi connectivity index (χ4n) is 3.91. The highest BCUT2D eigenvalue weighted by atomic mass is 32.2. The Balaban J connectivity index is 1.63. The average molecular weight is 409 g/mol. The van der Waals surface area contributed by atoms with Crippen molar-refractivity contribution in [2.75, 3.05) is 13.1 Å². The first-order valence-electron chi connectivity index (χ1n) is 9.66. The molecule has 3 N–H and O–H groups in total. The van der Waals surface area contributed by atoms with Gasteiger partial charge in [0.25, 0.3) is 0 Å². The van der Waals surface area contributed by atoms with E-state index in [2.05, 4.69) is 15.4 Å². The van der Waals surface area contributed by atoms with Crippen LogP contribution < -0.4 is 15.4 Å². The molecule has 2 aliphatic heterocycles. The summed E-state index contributed by atoms with van der Waals surface area (Å²) in [5, 5.41) is 5.77. The number of nitrogens with one attached hydrogen (secondary N) is 3. The normalized spacial score (nSPS) is 25.4. The van der Waals surface area contributed by atoms with Gasteiger partial charge < -0.3 is 10.6 Å². The van der Waals surface area contributed by atoms with Gasteiger partial charge in [0.05, 0.1) is 10.9 Å². The molecule has 2 aliphatic rings. The van der Waals surface area contributed by atoms with Gasteiger partial charge in [0.1, 0.15) is 0 Å². The molecule has 3 unspecified atom stereocenters. The van der Waals surface area contributed by atoms with Crippen LogP contribution in [0.3, 0.4) is 0 Å². The van der Waals surface area contributed by atoms with Crippen LogP contribution in [0, 0.1) is 0 Å². The summed E-state index contributed by atoms with van der Waals surface area (Å²) in [5.41, 5.74) is 0. The second-order valence-electron chi connectivity index (χ2n) is 7.74. The monoisotopic (exact) mass is 408 g/mol. The molecule has 0 bridgehead atoms. The molecule has 2 amide bonds. The molecule has 3 rings (SSSR count). The largest absolute Gasteiger partial charge is 0.354 e.